The quantitative estimate of drug-likeness (QED) is 0.702. The van der Waals surface area contributed by atoms with Gasteiger partial charge in [-0.2, -0.15) is 0 Å². The fraction of sp³-hybridized carbons (Fsp3) is 0.909. The molecule has 82 valence electrons. The van der Waals surface area contributed by atoms with Gasteiger partial charge in [0.1, 0.15) is 0 Å². The van der Waals surface area contributed by atoms with Gasteiger partial charge in [0.2, 0.25) is 0 Å². The average Bonchev–Trinajstić information content (AvgIpc) is 2.07. The lowest BCUT2D eigenvalue weighted by atomic mass is 9.86. The van der Waals surface area contributed by atoms with Crippen LogP contribution in [-0.4, -0.2) is 18.1 Å². The number of carbonyl (C=O) groups is 1. The van der Waals surface area contributed by atoms with Crippen LogP contribution in [0.15, 0.2) is 0 Å². The molecule has 0 radical (unpaired) electrons. The standard InChI is InChI=1S/C11H22N2O/c1-8(2)12-11(14)13-10-7-5-4-6-9(10)3/h8-10H,4-7H2,1-3H3,(H2,12,13,14). The Morgan fingerprint density at radius 2 is 1.93 bits per heavy atom. The van der Waals surface area contributed by atoms with E-state index in [-0.39, 0.29) is 12.1 Å². The van der Waals surface area contributed by atoms with Crippen LogP contribution in [0, 0.1) is 5.92 Å². The van der Waals surface area contributed by atoms with E-state index in [2.05, 4.69) is 17.6 Å². The van der Waals surface area contributed by atoms with Crippen LogP contribution in [0.2, 0.25) is 0 Å². The summed E-state index contributed by atoms with van der Waals surface area (Å²) < 4.78 is 0. The average molecular weight is 198 g/mol. The smallest absolute Gasteiger partial charge is 0.315 e. The molecule has 0 heterocycles. The molecule has 3 nitrogen and oxygen atoms in total. The Kier molecular flexibility index (Phi) is 4.23. The Morgan fingerprint density at radius 1 is 1.29 bits per heavy atom. The Balaban J connectivity index is 2.31. The normalized spacial score (nSPS) is 27.4. The van der Waals surface area contributed by atoms with Gasteiger partial charge in [-0.1, -0.05) is 19.8 Å². The fourth-order valence-corrected chi connectivity index (χ4v) is 2.00. The first-order chi connectivity index (χ1) is 6.59. The van der Waals surface area contributed by atoms with Gasteiger partial charge in [0.25, 0.3) is 0 Å². The first-order valence-electron chi connectivity index (χ1n) is 5.66. The topological polar surface area (TPSA) is 41.1 Å². The number of amides is 2. The van der Waals surface area contributed by atoms with Crippen molar-refractivity contribution in [3.8, 4) is 0 Å². The van der Waals surface area contributed by atoms with Crippen molar-refractivity contribution in [3.63, 3.8) is 0 Å². The molecule has 1 saturated carbocycles. The molecule has 1 fully saturated rings. The summed E-state index contributed by atoms with van der Waals surface area (Å²) in [5.41, 5.74) is 0. The number of urea groups is 1. The van der Waals surface area contributed by atoms with Gasteiger partial charge in [-0.15, -0.1) is 0 Å². The summed E-state index contributed by atoms with van der Waals surface area (Å²) >= 11 is 0. The van der Waals surface area contributed by atoms with Crippen LogP contribution >= 0.6 is 0 Å². The summed E-state index contributed by atoms with van der Waals surface area (Å²) in [6.45, 7) is 6.17. The predicted octanol–water partition coefficient (Wildman–Crippen LogP) is 2.27. The minimum Gasteiger partial charge on any atom is -0.336 e. The molecule has 0 bridgehead atoms. The SMILES string of the molecule is CC(C)NC(=O)NC1CCCCC1C. The van der Waals surface area contributed by atoms with Gasteiger partial charge in [-0.3, -0.25) is 0 Å². The molecule has 0 spiro atoms. The van der Waals surface area contributed by atoms with E-state index in [9.17, 15) is 4.79 Å². The Morgan fingerprint density at radius 3 is 2.50 bits per heavy atom. The van der Waals surface area contributed by atoms with Crippen LogP contribution in [0.1, 0.15) is 46.5 Å². The first-order valence-corrected chi connectivity index (χ1v) is 5.66. The van der Waals surface area contributed by atoms with Crippen LogP contribution in [0.25, 0.3) is 0 Å². The lowest BCUT2D eigenvalue weighted by Crippen LogP contribution is -2.47. The van der Waals surface area contributed by atoms with E-state index in [1.54, 1.807) is 0 Å². The second kappa shape index (κ2) is 5.23. The van der Waals surface area contributed by atoms with Crippen molar-refractivity contribution >= 4 is 6.03 Å². The van der Waals surface area contributed by atoms with Crippen LogP contribution < -0.4 is 10.6 Å². The maximum absolute atomic E-state index is 11.4. The van der Waals surface area contributed by atoms with Crippen molar-refractivity contribution in [1.29, 1.82) is 0 Å². The van der Waals surface area contributed by atoms with E-state index < -0.39 is 0 Å². The molecule has 0 aromatic carbocycles. The van der Waals surface area contributed by atoms with Crippen molar-refractivity contribution in [3.05, 3.63) is 0 Å². The maximum Gasteiger partial charge on any atom is 0.315 e. The van der Waals surface area contributed by atoms with Crippen molar-refractivity contribution in [1.82, 2.24) is 10.6 Å². The molecule has 3 heteroatoms. The zero-order valence-corrected chi connectivity index (χ0v) is 9.47. The maximum atomic E-state index is 11.4. The highest BCUT2D eigenvalue weighted by molar-refractivity contribution is 5.74. The summed E-state index contributed by atoms with van der Waals surface area (Å²) in [6.07, 6.45) is 4.93. The Hall–Kier alpha value is -0.730. The molecule has 0 saturated heterocycles. The molecule has 2 N–H and O–H groups in total. The zero-order valence-electron chi connectivity index (χ0n) is 9.47. The van der Waals surface area contributed by atoms with Crippen LogP contribution in [0.4, 0.5) is 4.79 Å². The van der Waals surface area contributed by atoms with E-state index in [0.717, 1.165) is 6.42 Å². The van der Waals surface area contributed by atoms with E-state index >= 15 is 0 Å². The van der Waals surface area contributed by atoms with E-state index in [1.165, 1.54) is 19.3 Å². The molecule has 0 aliphatic heterocycles. The van der Waals surface area contributed by atoms with Crippen molar-refractivity contribution in [2.75, 3.05) is 0 Å². The molecule has 14 heavy (non-hydrogen) atoms. The second-order valence-corrected chi connectivity index (χ2v) is 4.64. The molecule has 0 aromatic heterocycles. The second-order valence-electron chi connectivity index (χ2n) is 4.64. The third-order valence-corrected chi connectivity index (χ3v) is 2.85. The molecular formula is C11H22N2O. The highest BCUT2D eigenvalue weighted by Crippen LogP contribution is 2.23. The molecule has 1 aliphatic rings. The highest BCUT2D eigenvalue weighted by atomic mass is 16.2. The number of hydrogen-bond donors (Lipinski definition) is 2. The monoisotopic (exact) mass is 198 g/mol. The van der Waals surface area contributed by atoms with Gasteiger partial charge in [-0.05, 0) is 32.6 Å². The number of nitrogens with one attached hydrogen (secondary N) is 2. The molecule has 2 atom stereocenters. The van der Waals surface area contributed by atoms with Crippen molar-refractivity contribution in [2.45, 2.75) is 58.5 Å². The summed E-state index contributed by atoms with van der Waals surface area (Å²) in [6, 6.07) is 0.579. The van der Waals surface area contributed by atoms with Crippen LogP contribution in [0.3, 0.4) is 0 Å². The first kappa shape index (κ1) is 11.3. The fourth-order valence-electron chi connectivity index (χ4n) is 2.00. The van der Waals surface area contributed by atoms with Gasteiger partial charge < -0.3 is 10.6 Å². The third-order valence-electron chi connectivity index (χ3n) is 2.85. The van der Waals surface area contributed by atoms with Gasteiger partial charge in [0, 0.05) is 12.1 Å². The van der Waals surface area contributed by atoms with Crippen molar-refractivity contribution in [2.24, 2.45) is 5.92 Å². The molecule has 2 amide bonds. The number of hydrogen-bond acceptors (Lipinski definition) is 1. The molecule has 1 rings (SSSR count). The Labute approximate surface area is 86.6 Å². The highest BCUT2D eigenvalue weighted by Gasteiger charge is 2.22. The third kappa shape index (κ3) is 3.56. The minimum atomic E-state index is -0.0150. The van der Waals surface area contributed by atoms with Gasteiger partial charge in [0.15, 0.2) is 0 Å². The summed E-state index contributed by atoms with van der Waals surface area (Å²) in [5, 5.41) is 5.91. The largest absolute Gasteiger partial charge is 0.336 e. The van der Waals surface area contributed by atoms with E-state index in [4.69, 9.17) is 0 Å². The summed E-state index contributed by atoms with van der Waals surface area (Å²) in [4.78, 5) is 11.4. The Bertz CT molecular complexity index is 192. The van der Waals surface area contributed by atoms with E-state index in [0.29, 0.717) is 12.0 Å². The van der Waals surface area contributed by atoms with E-state index in [1.807, 2.05) is 13.8 Å². The van der Waals surface area contributed by atoms with Gasteiger partial charge >= 0.3 is 6.03 Å². The minimum absolute atomic E-state index is 0.0150. The van der Waals surface area contributed by atoms with Gasteiger partial charge in [0.05, 0.1) is 0 Å². The summed E-state index contributed by atoms with van der Waals surface area (Å²) in [7, 11) is 0. The summed E-state index contributed by atoms with van der Waals surface area (Å²) in [5.74, 6) is 0.627. The number of rotatable bonds is 2. The lowest BCUT2D eigenvalue weighted by Gasteiger charge is -2.29. The zero-order chi connectivity index (χ0) is 10.6. The predicted molar refractivity (Wildman–Crippen MR) is 58.2 cm³/mol. The molecule has 0 aromatic rings. The molecule has 2 unspecified atom stereocenters. The van der Waals surface area contributed by atoms with Crippen LogP contribution in [-0.2, 0) is 0 Å². The van der Waals surface area contributed by atoms with Gasteiger partial charge in [-0.25, -0.2) is 4.79 Å². The van der Waals surface area contributed by atoms with Crippen LogP contribution in [0.5, 0.6) is 0 Å². The molecule has 1 aliphatic carbocycles. The molecular weight excluding hydrogens is 176 g/mol. The lowest BCUT2D eigenvalue weighted by molar-refractivity contribution is 0.219. The van der Waals surface area contributed by atoms with Crippen molar-refractivity contribution < 1.29 is 4.79 Å². The number of carbonyl (C=O) groups excluding carboxylic acids is 1.